The lowest BCUT2D eigenvalue weighted by molar-refractivity contribution is -0.117. The Bertz CT molecular complexity index is 1060. The van der Waals surface area contributed by atoms with Crippen LogP contribution in [0.4, 0.5) is 14.5 Å². The molecule has 0 unspecified atom stereocenters. The molecule has 9 heteroatoms. The van der Waals surface area contributed by atoms with Gasteiger partial charge in [-0.05, 0) is 29.8 Å². The number of amides is 1. The van der Waals surface area contributed by atoms with E-state index in [0.29, 0.717) is 10.7 Å². The molecule has 4 rings (SSSR count). The standard InChI is InChI=1S/C19H16F2N2O3S2/c20-13-7-5-12(6-8-13)9-18(24)22-19-23(15-4-2-1-3-14(15)21)16-10-28(25,26)11-17(16)27-19/h1-8,16-17H,9-11H2/t16-,17+/m0/s1. The molecule has 2 aliphatic rings. The fraction of sp³-hybridized carbons (Fsp3) is 0.263. The van der Waals surface area contributed by atoms with Crippen molar-refractivity contribution in [3.05, 3.63) is 65.7 Å². The summed E-state index contributed by atoms with van der Waals surface area (Å²) in [5, 5.41) is -0.0101. The van der Waals surface area contributed by atoms with Crippen molar-refractivity contribution in [3.63, 3.8) is 0 Å². The Kier molecular flexibility index (Phi) is 4.96. The first-order valence-electron chi connectivity index (χ1n) is 8.59. The monoisotopic (exact) mass is 422 g/mol. The van der Waals surface area contributed by atoms with Crippen molar-refractivity contribution in [3.8, 4) is 0 Å². The van der Waals surface area contributed by atoms with Gasteiger partial charge in [0.25, 0.3) is 5.91 Å². The number of carbonyl (C=O) groups excluding carboxylic acids is 1. The van der Waals surface area contributed by atoms with Crippen molar-refractivity contribution >= 4 is 38.4 Å². The Balaban J connectivity index is 1.65. The van der Waals surface area contributed by atoms with Gasteiger partial charge in [0.05, 0.1) is 29.7 Å². The molecule has 2 fully saturated rings. The van der Waals surface area contributed by atoms with Crippen molar-refractivity contribution < 1.29 is 22.0 Å². The van der Waals surface area contributed by atoms with Crippen LogP contribution in [0.5, 0.6) is 0 Å². The maximum Gasteiger partial charge on any atom is 0.252 e. The van der Waals surface area contributed by atoms with Gasteiger partial charge in [-0.1, -0.05) is 36.0 Å². The molecule has 0 saturated carbocycles. The lowest BCUT2D eigenvalue weighted by Crippen LogP contribution is -2.38. The van der Waals surface area contributed by atoms with Gasteiger partial charge in [-0.25, -0.2) is 17.2 Å². The van der Waals surface area contributed by atoms with Crippen LogP contribution in [-0.4, -0.2) is 42.3 Å². The normalized spacial score (nSPS) is 24.5. The number of para-hydroxylation sites is 1. The van der Waals surface area contributed by atoms with Crippen molar-refractivity contribution in [1.29, 1.82) is 0 Å². The SMILES string of the molecule is O=C(Cc1ccc(F)cc1)N=C1S[C@@H]2CS(=O)(=O)C[C@@H]2N1c1ccccc1F. The zero-order valence-electron chi connectivity index (χ0n) is 14.6. The van der Waals surface area contributed by atoms with E-state index in [0.717, 1.165) is 0 Å². The highest BCUT2D eigenvalue weighted by Gasteiger charge is 2.49. The third-order valence-corrected chi connectivity index (χ3v) is 7.88. The molecular formula is C19H16F2N2O3S2. The minimum atomic E-state index is -3.22. The number of aliphatic imine (C=N–C) groups is 1. The number of nitrogens with zero attached hydrogens (tertiary/aromatic N) is 2. The third kappa shape index (κ3) is 3.81. The molecule has 0 radical (unpaired) electrons. The van der Waals surface area contributed by atoms with E-state index in [9.17, 15) is 22.0 Å². The van der Waals surface area contributed by atoms with Gasteiger partial charge in [-0.2, -0.15) is 4.99 Å². The minimum Gasteiger partial charge on any atom is -0.313 e. The number of hydrogen-bond donors (Lipinski definition) is 0. The van der Waals surface area contributed by atoms with Crippen LogP contribution >= 0.6 is 11.8 Å². The first-order chi connectivity index (χ1) is 13.3. The molecule has 28 heavy (non-hydrogen) atoms. The number of thioether (sulfide) groups is 1. The zero-order chi connectivity index (χ0) is 19.9. The van der Waals surface area contributed by atoms with E-state index in [1.807, 2.05) is 0 Å². The van der Waals surface area contributed by atoms with Crippen LogP contribution in [0, 0.1) is 11.6 Å². The number of halogens is 2. The van der Waals surface area contributed by atoms with Crippen molar-refractivity contribution in [1.82, 2.24) is 0 Å². The van der Waals surface area contributed by atoms with Gasteiger partial charge in [0.15, 0.2) is 15.0 Å². The molecule has 2 saturated heterocycles. The number of fused-ring (bicyclic) bond motifs is 1. The Morgan fingerprint density at radius 2 is 1.82 bits per heavy atom. The van der Waals surface area contributed by atoms with Crippen LogP contribution < -0.4 is 4.90 Å². The summed E-state index contributed by atoms with van der Waals surface area (Å²) in [5.74, 6) is -1.50. The summed E-state index contributed by atoms with van der Waals surface area (Å²) in [7, 11) is -3.22. The molecule has 0 N–H and O–H groups in total. The summed E-state index contributed by atoms with van der Waals surface area (Å²) in [6.45, 7) is 0. The summed E-state index contributed by atoms with van der Waals surface area (Å²) in [6, 6.07) is 11.1. The molecule has 1 amide bonds. The van der Waals surface area contributed by atoms with E-state index >= 15 is 0 Å². The molecule has 0 spiro atoms. The van der Waals surface area contributed by atoms with Crippen molar-refractivity contribution in [2.45, 2.75) is 17.7 Å². The average Bonchev–Trinajstić information content (AvgIpc) is 3.08. The number of rotatable bonds is 3. The van der Waals surface area contributed by atoms with Crippen LogP contribution in [0.15, 0.2) is 53.5 Å². The summed E-state index contributed by atoms with van der Waals surface area (Å²) in [4.78, 5) is 18.1. The topological polar surface area (TPSA) is 66.8 Å². The van der Waals surface area contributed by atoms with Crippen LogP contribution in [0.3, 0.4) is 0 Å². The van der Waals surface area contributed by atoms with Gasteiger partial charge in [0, 0.05) is 5.25 Å². The second kappa shape index (κ2) is 7.29. The lowest BCUT2D eigenvalue weighted by atomic mass is 10.1. The van der Waals surface area contributed by atoms with Gasteiger partial charge < -0.3 is 4.90 Å². The fourth-order valence-corrected chi connectivity index (χ4v) is 7.34. The fourth-order valence-electron chi connectivity index (χ4n) is 3.42. The lowest BCUT2D eigenvalue weighted by Gasteiger charge is -2.24. The predicted octanol–water partition coefficient (Wildman–Crippen LogP) is 2.81. The summed E-state index contributed by atoms with van der Waals surface area (Å²) in [5.41, 5.74) is 0.812. The van der Waals surface area contributed by atoms with Crippen LogP contribution in [0.1, 0.15) is 5.56 Å². The van der Waals surface area contributed by atoms with Crippen LogP contribution in [0.25, 0.3) is 0 Å². The number of benzene rings is 2. The summed E-state index contributed by atoms with van der Waals surface area (Å²) in [6.07, 6.45) is -0.0247. The average molecular weight is 422 g/mol. The number of anilines is 1. The van der Waals surface area contributed by atoms with Gasteiger partial charge in [-0.15, -0.1) is 0 Å². The largest absolute Gasteiger partial charge is 0.313 e. The van der Waals surface area contributed by atoms with Gasteiger partial charge in [0.1, 0.15) is 11.6 Å². The van der Waals surface area contributed by atoms with Crippen LogP contribution in [-0.2, 0) is 21.1 Å². The molecule has 5 nitrogen and oxygen atoms in total. The van der Waals surface area contributed by atoms with Crippen LogP contribution in [0.2, 0.25) is 0 Å². The smallest absolute Gasteiger partial charge is 0.252 e. The first kappa shape index (κ1) is 19.1. The van der Waals surface area contributed by atoms with Crippen molar-refractivity contribution in [2.75, 3.05) is 16.4 Å². The Hall–Kier alpha value is -2.26. The second-order valence-corrected chi connectivity index (χ2v) is 10.1. The molecule has 2 heterocycles. The molecule has 0 bridgehead atoms. The molecule has 2 atom stereocenters. The molecule has 2 aromatic carbocycles. The number of sulfone groups is 1. The van der Waals surface area contributed by atoms with E-state index in [1.165, 1.54) is 47.0 Å². The molecule has 2 aliphatic heterocycles. The maximum absolute atomic E-state index is 14.4. The van der Waals surface area contributed by atoms with E-state index in [1.54, 1.807) is 18.2 Å². The highest BCUT2D eigenvalue weighted by atomic mass is 32.2. The Labute approximate surface area is 165 Å². The third-order valence-electron chi connectivity index (χ3n) is 4.67. The number of carbonyl (C=O) groups is 1. The van der Waals surface area contributed by atoms with Gasteiger partial charge >= 0.3 is 0 Å². The Morgan fingerprint density at radius 3 is 2.54 bits per heavy atom. The van der Waals surface area contributed by atoms with E-state index in [4.69, 9.17) is 0 Å². The molecule has 0 aromatic heterocycles. The van der Waals surface area contributed by atoms with E-state index in [-0.39, 0.29) is 28.9 Å². The predicted molar refractivity (Wildman–Crippen MR) is 105 cm³/mol. The quantitative estimate of drug-likeness (QED) is 0.761. The second-order valence-electron chi connectivity index (χ2n) is 6.71. The molecule has 0 aliphatic carbocycles. The highest BCUT2D eigenvalue weighted by molar-refractivity contribution is 8.16. The molecular weight excluding hydrogens is 406 g/mol. The number of hydrogen-bond acceptors (Lipinski definition) is 4. The molecule has 2 aromatic rings. The van der Waals surface area contributed by atoms with Crippen molar-refractivity contribution in [2.24, 2.45) is 4.99 Å². The zero-order valence-corrected chi connectivity index (χ0v) is 16.2. The summed E-state index contributed by atoms with van der Waals surface area (Å²) < 4.78 is 51.5. The highest BCUT2D eigenvalue weighted by Crippen LogP contribution is 2.41. The van der Waals surface area contributed by atoms with Gasteiger partial charge in [-0.3, -0.25) is 4.79 Å². The van der Waals surface area contributed by atoms with Gasteiger partial charge in [0.2, 0.25) is 0 Å². The van der Waals surface area contributed by atoms with E-state index in [2.05, 4.69) is 4.99 Å². The summed E-state index contributed by atoms with van der Waals surface area (Å²) >= 11 is 1.19. The maximum atomic E-state index is 14.4. The minimum absolute atomic E-state index is 0.0247. The van der Waals surface area contributed by atoms with E-state index < -0.39 is 33.4 Å². The number of amidine groups is 1. The Morgan fingerprint density at radius 1 is 1.11 bits per heavy atom. The molecule has 146 valence electrons. The first-order valence-corrected chi connectivity index (χ1v) is 11.3.